The third kappa shape index (κ3) is 4.82. The van der Waals surface area contributed by atoms with Crippen LogP contribution >= 0.6 is 0 Å². The van der Waals surface area contributed by atoms with E-state index in [2.05, 4.69) is 0 Å². The molecule has 0 aromatic heterocycles. The van der Waals surface area contributed by atoms with E-state index in [9.17, 15) is 9.18 Å². The van der Waals surface area contributed by atoms with Crippen molar-refractivity contribution in [3.05, 3.63) is 30.1 Å². The van der Waals surface area contributed by atoms with Gasteiger partial charge in [-0.3, -0.25) is 4.79 Å². The first-order valence-electron chi connectivity index (χ1n) is 5.62. The average Bonchev–Trinajstić information content (AvgIpc) is 2.30. The van der Waals surface area contributed by atoms with Crippen molar-refractivity contribution in [1.29, 1.82) is 0 Å². The van der Waals surface area contributed by atoms with Crippen LogP contribution in [0.3, 0.4) is 0 Å². The fraction of sp³-hybridized carbons (Fsp3) is 0.417. The predicted molar refractivity (Wildman–Crippen MR) is 66.1 cm³/mol. The monoisotopic (exact) mass is 239 g/mol. The van der Waals surface area contributed by atoms with Crippen LogP contribution in [0, 0.1) is 5.82 Å². The first kappa shape index (κ1) is 13.4. The SMILES string of the molecule is NCCCN(CCC(N)=O)c1ccc(F)cc1. The largest absolute Gasteiger partial charge is 0.371 e. The third-order valence-corrected chi connectivity index (χ3v) is 2.45. The summed E-state index contributed by atoms with van der Waals surface area (Å²) in [5, 5.41) is 0. The predicted octanol–water partition coefficient (Wildman–Crippen LogP) is 0.856. The third-order valence-electron chi connectivity index (χ3n) is 2.45. The van der Waals surface area contributed by atoms with Gasteiger partial charge in [-0.2, -0.15) is 0 Å². The quantitative estimate of drug-likeness (QED) is 0.741. The van der Waals surface area contributed by atoms with Crippen molar-refractivity contribution in [2.24, 2.45) is 11.5 Å². The molecule has 0 fully saturated rings. The molecule has 1 aromatic rings. The summed E-state index contributed by atoms with van der Waals surface area (Å²) in [4.78, 5) is 12.8. The molecule has 0 atom stereocenters. The number of anilines is 1. The summed E-state index contributed by atoms with van der Waals surface area (Å²) < 4.78 is 12.8. The maximum absolute atomic E-state index is 12.8. The molecule has 0 spiro atoms. The molecular weight excluding hydrogens is 221 g/mol. The van der Waals surface area contributed by atoms with Gasteiger partial charge in [-0.1, -0.05) is 0 Å². The zero-order chi connectivity index (χ0) is 12.7. The lowest BCUT2D eigenvalue weighted by Gasteiger charge is -2.24. The first-order chi connectivity index (χ1) is 8.13. The van der Waals surface area contributed by atoms with Gasteiger partial charge < -0.3 is 16.4 Å². The number of hydrogen-bond acceptors (Lipinski definition) is 3. The molecule has 94 valence electrons. The highest BCUT2D eigenvalue weighted by molar-refractivity contribution is 5.74. The Morgan fingerprint density at radius 3 is 2.41 bits per heavy atom. The molecule has 0 bridgehead atoms. The van der Waals surface area contributed by atoms with E-state index in [1.165, 1.54) is 12.1 Å². The highest BCUT2D eigenvalue weighted by atomic mass is 19.1. The number of rotatable bonds is 7. The molecule has 1 rings (SSSR count). The Labute approximate surface area is 100 Å². The van der Waals surface area contributed by atoms with Crippen LogP contribution in [0.5, 0.6) is 0 Å². The summed E-state index contributed by atoms with van der Waals surface area (Å²) in [6, 6.07) is 6.17. The molecule has 0 radical (unpaired) electrons. The van der Waals surface area contributed by atoms with Crippen molar-refractivity contribution in [3.63, 3.8) is 0 Å². The molecule has 0 unspecified atom stereocenters. The molecule has 17 heavy (non-hydrogen) atoms. The molecule has 4 N–H and O–H groups in total. The Hall–Kier alpha value is -1.62. The second-order valence-corrected chi connectivity index (χ2v) is 3.82. The van der Waals surface area contributed by atoms with E-state index in [1.807, 2.05) is 4.90 Å². The van der Waals surface area contributed by atoms with Crippen LogP contribution in [-0.2, 0) is 4.79 Å². The number of halogens is 1. The van der Waals surface area contributed by atoms with Gasteiger partial charge in [-0.15, -0.1) is 0 Å². The topological polar surface area (TPSA) is 72.3 Å². The number of benzene rings is 1. The van der Waals surface area contributed by atoms with Gasteiger partial charge in [0.1, 0.15) is 5.82 Å². The van der Waals surface area contributed by atoms with E-state index in [1.54, 1.807) is 12.1 Å². The van der Waals surface area contributed by atoms with Gasteiger partial charge >= 0.3 is 0 Å². The average molecular weight is 239 g/mol. The Morgan fingerprint density at radius 2 is 1.88 bits per heavy atom. The van der Waals surface area contributed by atoms with Crippen LogP contribution in [-0.4, -0.2) is 25.5 Å². The van der Waals surface area contributed by atoms with Crippen LogP contribution in [0.15, 0.2) is 24.3 Å². The molecule has 0 saturated carbocycles. The van der Waals surface area contributed by atoms with Crippen molar-refractivity contribution in [3.8, 4) is 0 Å². The lowest BCUT2D eigenvalue weighted by atomic mass is 10.2. The number of carbonyl (C=O) groups excluding carboxylic acids is 1. The Morgan fingerprint density at radius 1 is 1.24 bits per heavy atom. The van der Waals surface area contributed by atoms with Crippen LogP contribution in [0.1, 0.15) is 12.8 Å². The van der Waals surface area contributed by atoms with Crippen LogP contribution in [0.4, 0.5) is 10.1 Å². The number of primary amides is 1. The number of nitrogens with zero attached hydrogens (tertiary/aromatic N) is 1. The number of carbonyl (C=O) groups is 1. The second-order valence-electron chi connectivity index (χ2n) is 3.82. The van der Waals surface area contributed by atoms with Crippen molar-refractivity contribution in [2.75, 3.05) is 24.5 Å². The van der Waals surface area contributed by atoms with Gasteiger partial charge in [-0.05, 0) is 37.2 Å². The van der Waals surface area contributed by atoms with Gasteiger partial charge in [-0.25, -0.2) is 4.39 Å². The van der Waals surface area contributed by atoms with E-state index in [-0.39, 0.29) is 18.1 Å². The maximum Gasteiger partial charge on any atom is 0.219 e. The highest BCUT2D eigenvalue weighted by Crippen LogP contribution is 2.15. The van der Waals surface area contributed by atoms with Gasteiger partial charge in [0.05, 0.1) is 0 Å². The minimum Gasteiger partial charge on any atom is -0.371 e. The second kappa shape index (κ2) is 6.85. The molecule has 1 aromatic carbocycles. The van der Waals surface area contributed by atoms with Crippen molar-refractivity contribution >= 4 is 11.6 Å². The van der Waals surface area contributed by atoms with Gasteiger partial charge in [0.25, 0.3) is 0 Å². The summed E-state index contributed by atoms with van der Waals surface area (Å²) in [5.41, 5.74) is 11.5. The van der Waals surface area contributed by atoms with E-state index in [4.69, 9.17) is 11.5 Å². The molecule has 0 aliphatic heterocycles. The molecule has 4 nitrogen and oxygen atoms in total. The fourth-order valence-corrected chi connectivity index (χ4v) is 1.55. The Bertz CT molecular complexity index is 353. The van der Waals surface area contributed by atoms with Crippen LogP contribution in [0.2, 0.25) is 0 Å². The molecule has 0 saturated heterocycles. The number of amides is 1. The maximum atomic E-state index is 12.8. The summed E-state index contributed by atoms with van der Waals surface area (Å²) >= 11 is 0. The minimum absolute atomic E-state index is 0.276. The lowest BCUT2D eigenvalue weighted by molar-refractivity contribution is -0.117. The van der Waals surface area contributed by atoms with E-state index < -0.39 is 0 Å². The van der Waals surface area contributed by atoms with Crippen LogP contribution < -0.4 is 16.4 Å². The Kier molecular flexibility index (Phi) is 5.42. The minimum atomic E-state index is -0.343. The molecule has 0 heterocycles. The van der Waals surface area contributed by atoms with Gasteiger partial charge in [0.2, 0.25) is 5.91 Å². The highest BCUT2D eigenvalue weighted by Gasteiger charge is 2.07. The zero-order valence-corrected chi connectivity index (χ0v) is 9.73. The van der Waals surface area contributed by atoms with Crippen molar-refractivity contribution in [1.82, 2.24) is 0 Å². The molecular formula is C12H18FN3O. The van der Waals surface area contributed by atoms with Crippen molar-refractivity contribution < 1.29 is 9.18 Å². The van der Waals surface area contributed by atoms with E-state index >= 15 is 0 Å². The molecule has 0 aliphatic rings. The van der Waals surface area contributed by atoms with Crippen LogP contribution in [0.25, 0.3) is 0 Å². The summed E-state index contributed by atoms with van der Waals surface area (Å²) in [5.74, 6) is -0.618. The summed E-state index contributed by atoms with van der Waals surface area (Å²) in [7, 11) is 0. The summed E-state index contributed by atoms with van der Waals surface area (Å²) in [6.45, 7) is 1.84. The molecule has 0 aliphatic carbocycles. The zero-order valence-electron chi connectivity index (χ0n) is 9.73. The number of hydrogen-bond donors (Lipinski definition) is 2. The standard InChI is InChI=1S/C12H18FN3O/c13-10-2-4-11(5-3-10)16(8-1-7-14)9-6-12(15)17/h2-5H,1,6-9,14H2,(H2,15,17). The number of nitrogens with two attached hydrogens (primary N) is 2. The smallest absolute Gasteiger partial charge is 0.219 e. The van der Waals surface area contributed by atoms with E-state index in [0.29, 0.717) is 13.1 Å². The van der Waals surface area contributed by atoms with E-state index in [0.717, 1.165) is 18.7 Å². The van der Waals surface area contributed by atoms with Gasteiger partial charge in [0, 0.05) is 25.2 Å². The van der Waals surface area contributed by atoms with Gasteiger partial charge in [0.15, 0.2) is 0 Å². The molecule has 5 heteroatoms. The normalized spacial score (nSPS) is 10.2. The fourth-order valence-electron chi connectivity index (χ4n) is 1.55. The summed E-state index contributed by atoms with van der Waals surface area (Å²) in [6.07, 6.45) is 1.10. The van der Waals surface area contributed by atoms with Crippen molar-refractivity contribution in [2.45, 2.75) is 12.8 Å². The Balaban J connectivity index is 2.67. The lowest BCUT2D eigenvalue weighted by Crippen LogP contribution is -2.30. The molecule has 1 amide bonds. The first-order valence-corrected chi connectivity index (χ1v) is 5.62.